The fourth-order valence-electron chi connectivity index (χ4n) is 4.48. The summed E-state index contributed by atoms with van der Waals surface area (Å²) in [7, 11) is 0. The first-order chi connectivity index (χ1) is 18.1. The number of anilines is 2. The molecule has 0 spiro atoms. The zero-order valence-electron chi connectivity index (χ0n) is 21.7. The highest BCUT2D eigenvalue weighted by molar-refractivity contribution is 6.30. The van der Waals surface area contributed by atoms with Crippen LogP contribution in [0.1, 0.15) is 49.0 Å². The Bertz CT molecular complexity index is 1320. The average molecular weight is 535 g/mol. The first kappa shape index (κ1) is 27.2. The van der Waals surface area contributed by atoms with Crippen LogP contribution < -0.4 is 14.5 Å². The van der Waals surface area contributed by atoms with Crippen molar-refractivity contribution in [3.8, 4) is 5.75 Å². The van der Waals surface area contributed by atoms with E-state index in [0.29, 0.717) is 35.8 Å². The number of amides is 2. The van der Waals surface area contributed by atoms with Crippen molar-refractivity contribution in [3.05, 3.63) is 88.9 Å². The molecule has 1 aliphatic heterocycles. The molecule has 1 aliphatic rings. The number of carbonyl (C=O) groups excluding carboxylic acids is 2. The molecule has 2 amide bonds. The van der Waals surface area contributed by atoms with Crippen LogP contribution in [0.3, 0.4) is 0 Å². The second kappa shape index (κ2) is 11.3. The molecule has 0 aliphatic carbocycles. The smallest absolute Gasteiger partial charge is 0.312 e. The lowest BCUT2D eigenvalue weighted by Crippen LogP contribution is -2.42. The number of para-hydroxylation sites is 1. The van der Waals surface area contributed by atoms with Crippen molar-refractivity contribution in [2.45, 2.75) is 33.1 Å². The predicted octanol–water partition coefficient (Wildman–Crippen LogP) is 6.02. The summed E-state index contributed by atoms with van der Waals surface area (Å²) in [5.41, 5.74) is 1.77. The maximum Gasteiger partial charge on any atom is 0.312 e. The van der Waals surface area contributed by atoms with Crippen LogP contribution in [0.15, 0.2) is 72.8 Å². The second-order valence-corrected chi connectivity index (χ2v) is 10.4. The molecule has 38 heavy (non-hydrogen) atoms. The van der Waals surface area contributed by atoms with Crippen molar-refractivity contribution in [1.82, 2.24) is 0 Å². The number of benzene rings is 3. The Balaban J connectivity index is 1.53. The van der Waals surface area contributed by atoms with Gasteiger partial charge in [0.1, 0.15) is 12.4 Å². The molecule has 0 saturated heterocycles. The minimum Gasteiger partial charge on any atom is -0.492 e. The van der Waals surface area contributed by atoms with Crippen LogP contribution in [-0.4, -0.2) is 42.6 Å². The molecule has 1 atom stereocenters. The summed E-state index contributed by atoms with van der Waals surface area (Å²) in [5, 5.41) is 9.88. The number of hydrogen-bond acceptors (Lipinski definition) is 4. The lowest BCUT2D eigenvalue weighted by molar-refractivity contribution is -0.148. The molecular formula is C30H31ClN2O5. The van der Waals surface area contributed by atoms with Gasteiger partial charge in [0.05, 0.1) is 11.3 Å². The number of carboxylic acid groups (broad SMARTS) is 1. The van der Waals surface area contributed by atoms with E-state index < -0.39 is 11.4 Å². The fraction of sp³-hybridized carbons (Fsp3) is 0.300. The SMILES string of the molecule is CCN(C(=O)[C@H]1CCN(C(=O)c2ccc(OCC(C)(C)C(=O)O)cc2)c2ccccc21)c1ccc(Cl)cc1. The number of rotatable bonds is 8. The monoisotopic (exact) mass is 534 g/mol. The van der Waals surface area contributed by atoms with E-state index in [9.17, 15) is 19.5 Å². The van der Waals surface area contributed by atoms with Crippen molar-refractivity contribution in [1.29, 1.82) is 0 Å². The maximum atomic E-state index is 13.7. The van der Waals surface area contributed by atoms with Gasteiger partial charge < -0.3 is 19.6 Å². The van der Waals surface area contributed by atoms with E-state index in [-0.39, 0.29) is 24.3 Å². The molecule has 0 bridgehead atoms. The van der Waals surface area contributed by atoms with E-state index in [2.05, 4.69) is 0 Å². The lowest BCUT2D eigenvalue weighted by atomic mass is 9.88. The maximum absolute atomic E-state index is 13.7. The normalized spacial score (nSPS) is 14.9. The van der Waals surface area contributed by atoms with Crippen molar-refractivity contribution < 1.29 is 24.2 Å². The fourth-order valence-corrected chi connectivity index (χ4v) is 4.61. The molecule has 4 rings (SSSR count). The van der Waals surface area contributed by atoms with E-state index >= 15 is 0 Å². The van der Waals surface area contributed by atoms with Crippen molar-refractivity contribution in [2.24, 2.45) is 5.41 Å². The summed E-state index contributed by atoms with van der Waals surface area (Å²) >= 11 is 6.04. The first-order valence-corrected chi connectivity index (χ1v) is 12.9. The van der Waals surface area contributed by atoms with E-state index in [1.807, 2.05) is 43.3 Å². The molecule has 8 heteroatoms. The first-order valence-electron chi connectivity index (χ1n) is 12.6. The Labute approximate surface area is 227 Å². The summed E-state index contributed by atoms with van der Waals surface area (Å²) in [6, 6.07) is 21.4. The van der Waals surface area contributed by atoms with Crippen molar-refractivity contribution in [2.75, 3.05) is 29.5 Å². The van der Waals surface area contributed by atoms with E-state index in [1.54, 1.807) is 60.0 Å². The number of nitrogens with zero attached hydrogens (tertiary/aromatic N) is 2. The van der Waals surface area contributed by atoms with Crippen LogP contribution in [0.2, 0.25) is 5.02 Å². The summed E-state index contributed by atoms with van der Waals surface area (Å²) < 4.78 is 5.63. The Morgan fingerprint density at radius 2 is 1.68 bits per heavy atom. The highest BCUT2D eigenvalue weighted by Gasteiger charge is 2.35. The van der Waals surface area contributed by atoms with Crippen LogP contribution in [-0.2, 0) is 9.59 Å². The van der Waals surface area contributed by atoms with Gasteiger partial charge in [-0.1, -0.05) is 29.8 Å². The number of halogens is 1. The number of carboxylic acids is 1. The summed E-state index contributed by atoms with van der Waals surface area (Å²) in [6.07, 6.45) is 0.497. The van der Waals surface area contributed by atoms with Crippen LogP contribution in [0, 0.1) is 5.41 Å². The molecule has 1 N–H and O–H groups in total. The molecule has 3 aromatic carbocycles. The minimum atomic E-state index is -1.03. The Kier molecular flexibility index (Phi) is 8.07. The largest absolute Gasteiger partial charge is 0.492 e. The third-order valence-corrected chi connectivity index (χ3v) is 7.04. The molecule has 3 aromatic rings. The highest BCUT2D eigenvalue weighted by Crippen LogP contribution is 2.38. The van der Waals surface area contributed by atoms with Crippen LogP contribution in [0.5, 0.6) is 5.75 Å². The average Bonchev–Trinajstić information content (AvgIpc) is 2.92. The Morgan fingerprint density at radius 3 is 2.32 bits per heavy atom. The van der Waals surface area contributed by atoms with Crippen molar-refractivity contribution in [3.63, 3.8) is 0 Å². The van der Waals surface area contributed by atoms with Gasteiger partial charge in [0.25, 0.3) is 5.91 Å². The van der Waals surface area contributed by atoms with Gasteiger partial charge in [0.2, 0.25) is 5.91 Å². The highest BCUT2D eigenvalue weighted by atomic mass is 35.5. The summed E-state index contributed by atoms with van der Waals surface area (Å²) in [5.74, 6) is -1.02. The van der Waals surface area contributed by atoms with Crippen molar-refractivity contribution >= 4 is 40.8 Å². The molecule has 0 aromatic heterocycles. The van der Waals surface area contributed by atoms with Crippen LogP contribution in [0.25, 0.3) is 0 Å². The quantitative estimate of drug-likeness (QED) is 0.382. The number of ether oxygens (including phenoxy) is 1. The predicted molar refractivity (Wildman–Crippen MR) is 148 cm³/mol. The molecule has 198 valence electrons. The van der Waals surface area contributed by atoms with E-state index in [1.165, 1.54) is 0 Å². The number of aliphatic carboxylic acids is 1. The van der Waals surface area contributed by atoms with Gasteiger partial charge in [0.15, 0.2) is 0 Å². The third-order valence-electron chi connectivity index (χ3n) is 6.79. The second-order valence-electron chi connectivity index (χ2n) is 9.92. The molecule has 0 unspecified atom stereocenters. The standard InChI is InChI=1S/C30H31ClN2O5/c1-4-32(22-13-11-21(31)12-14-22)28(35)25-17-18-33(26-8-6-5-7-24(25)26)27(34)20-9-15-23(16-10-20)38-19-30(2,3)29(36)37/h5-16,25H,4,17-19H2,1-3H3,(H,36,37)/t25-/m0/s1. The topological polar surface area (TPSA) is 87.2 Å². The van der Waals surface area contributed by atoms with Gasteiger partial charge in [-0.2, -0.15) is 0 Å². The summed E-state index contributed by atoms with van der Waals surface area (Å²) in [4.78, 5) is 41.9. The van der Waals surface area contributed by atoms with Crippen LogP contribution >= 0.6 is 11.6 Å². The zero-order chi connectivity index (χ0) is 27.4. The van der Waals surface area contributed by atoms with E-state index in [0.717, 1.165) is 16.9 Å². The summed E-state index contributed by atoms with van der Waals surface area (Å²) in [6.45, 7) is 6.04. The van der Waals surface area contributed by atoms with Crippen LogP contribution in [0.4, 0.5) is 11.4 Å². The molecule has 1 heterocycles. The molecular weight excluding hydrogens is 504 g/mol. The van der Waals surface area contributed by atoms with Gasteiger partial charge in [-0.3, -0.25) is 14.4 Å². The molecule has 7 nitrogen and oxygen atoms in total. The van der Waals surface area contributed by atoms with Gasteiger partial charge in [-0.05, 0) is 87.4 Å². The van der Waals surface area contributed by atoms with Gasteiger partial charge >= 0.3 is 5.97 Å². The van der Waals surface area contributed by atoms with Gasteiger partial charge in [-0.25, -0.2) is 0 Å². The number of hydrogen-bond donors (Lipinski definition) is 1. The number of carbonyl (C=O) groups is 3. The Hall–Kier alpha value is -3.84. The minimum absolute atomic E-state index is 0.00927. The molecule has 0 saturated carbocycles. The number of fused-ring (bicyclic) bond motifs is 1. The molecule has 0 fully saturated rings. The molecule has 0 radical (unpaired) electrons. The third kappa shape index (κ3) is 5.68. The Morgan fingerprint density at radius 1 is 1.03 bits per heavy atom. The van der Waals surface area contributed by atoms with Gasteiger partial charge in [0, 0.05) is 35.1 Å². The van der Waals surface area contributed by atoms with Gasteiger partial charge in [-0.15, -0.1) is 0 Å². The number of likely N-dealkylation sites (N-methyl/N-ethyl adjacent to an activating group) is 1. The lowest BCUT2D eigenvalue weighted by Gasteiger charge is -2.36. The van der Waals surface area contributed by atoms with E-state index in [4.69, 9.17) is 16.3 Å². The zero-order valence-corrected chi connectivity index (χ0v) is 22.4.